The van der Waals surface area contributed by atoms with Gasteiger partial charge in [0.15, 0.2) is 0 Å². The minimum atomic E-state index is -0.705. The van der Waals surface area contributed by atoms with Crippen LogP contribution in [-0.4, -0.2) is 52.8 Å². The molecule has 0 bridgehead atoms. The fraction of sp³-hybridized carbons (Fsp3) is 0.462. The maximum Gasteiger partial charge on any atom is 0.246 e. The lowest BCUT2D eigenvalue weighted by Crippen LogP contribution is -2.73. The second-order valence-electron chi connectivity index (χ2n) is 9.54. The van der Waals surface area contributed by atoms with Gasteiger partial charge in [-0.1, -0.05) is 54.1 Å². The van der Waals surface area contributed by atoms with E-state index in [-0.39, 0.29) is 11.8 Å². The maximum absolute atomic E-state index is 13.6. The van der Waals surface area contributed by atoms with Crippen LogP contribution in [0, 0.1) is 5.92 Å². The maximum atomic E-state index is 13.6. The van der Waals surface area contributed by atoms with E-state index in [2.05, 4.69) is 22.3 Å². The van der Waals surface area contributed by atoms with Gasteiger partial charge in [0, 0.05) is 37.6 Å². The molecule has 1 saturated carbocycles. The molecule has 2 heterocycles. The number of nitrogens with one attached hydrogen (secondary N) is 1. The summed E-state index contributed by atoms with van der Waals surface area (Å²) in [5.41, 5.74) is 1.59. The van der Waals surface area contributed by atoms with Gasteiger partial charge in [-0.2, -0.15) is 0 Å². The highest BCUT2D eigenvalue weighted by atomic mass is 35.5. The van der Waals surface area contributed by atoms with Gasteiger partial charge in [-0.15, -0.1) is 0 Å². The van der Waals surface area contributed by atoms with E-state index >= 15 is 0 Å². The molecule has 2 aliphatic heterocycles. The molecule has 168 valence electrons. The zero-order chi connectivity index (χ0) is 22.1. The zero-order valence-corrected chi connectivity index (χ0v) is 19.1. The predicted octanol–water partition coefficient (Wildman–Crippen LogP) is 3.65. The van der Waals surface area contributed by atoms with Crippen LogP contribution >= 0.6 is 11.6 Å². The molecular formula is C26H30ClN3O2. The van der Waals surface area contributed by atoms with Crippen LogP contribution in [0.25, 0.3) is 0 Å². The average Bonchev–Trinajstić information content (AvgIpc) is 3.63. The Labute approximate surface area is 194 Å². The first-order valence-electron chi connectivity index (χ1n) is 11.7. The van der Waals surface area contributed by atoms with E-state index < -0.39 is 11.6 Å². The van der Waals surface area contributed by atoms with Gasteiger partial charge < -0.3 is 10.2 Å². The summed E-state index contributed by atoms with van der Waals surface area (Å²) in [6, 6.07) is 17.4. The number of amides is 2. The fourth-order valence-corrected chi connectivity index (χ4v) is 5.24. The van der Waals surface area contributed by atoms with Gasteiger partial charge in [0.25, 0.3) is 0 Å². The summed E-state index contributed by atoms with van der Waals surface area (Å²) >= 11 is 6.01. The summed E-state index contributed by atoms with van der Waals surface area (Å²) in [5, 5.41) is 3.85. The largest absolute Gasteiger partial charge is 0.342 e. The van der Waals surface area contributed by atoms with E-state index in [9.17, 15) is 9.59 Å². The molecule has 1 atom stereocenters. The van der Waals surface area contributed by atoms with Gasteiger partial charge in [0.1, 0.15) is 11.6 Å². The topological polar surface area (TPSA) is 52.7 Å². The number of piperidine rings is 1. The highest BCUT2D eigenvalue weighted by molar-refractivity contribution is 6.30. The molecule has 5 nitrogen and oxygen atoms in total. The Kier molecular flexibility index (Phi) is 5.95. The van der Waals surface area contributed by atoms with E-state index in [4.69, 9.17) is 11.6 Å². The third-order valence-electron chi connectivity index (χ3n) is 7.23. The SMILES string of the molecule is O=C1C(Cc2ccccc2)NC(=O)C2(CCN(Cc3ccc(Cl)cc3)CC2)N1CC1CC1. The number of hydrogen-bond acceptors (Lipinski definition) is 3. The summed E-state index contributed by atoms with van der Waals surface area (Å²) in [4.78, 5) is 31.4. The molecule has 1 aliphatic carbocycles. The predicted molar refractivity (Wildman–Crippen MR) is 125 cm³/mol. The number of likely N-dealkylation sites (tertiary alicyclic amines) is 1. The van der Waals surface area contributed by atoms with Gasteiger partial charge in [0.05, 0.1) is 0 Å². The van der Waals surface area contributed by atoms with Crippen molar-refractivity contribution in [3.63, 3.8) is 0 Å². The molecule has 0 aromatic heterocycles. The molecule has 2 saturated heterocycles. The van der Waals surface area contributed by atoms with Crippen molar-refractivity contribution in [2.24, 2.45) is 5.92 Å². The van der Waals surface area contributed by atoms with Crippen molar-refractivity contribution in [1.29, 1.82) is 0 Å². The van der Waals surface area contributed by atoms with Gasteiger partial charge >= 0.3 is 0 Å². The number of benzene rings is 2. The number of carbonyl (C=O) groups excluding carboxylic acids is 2. The minimum Gasteiger partial charge on any atom is -0.342 e. The Hall–Kier alpha value is -2.37. The van der Waals surface area contributed by atoms with Gasteiger partial charge in [-0.05, 0) is 54.9 Å². The van der Waals surface area contributed by atoms with E-state index in [1.165, 1.54) is 5.56 Å². The zero-order valence-electron chi connectivity index (χ0n) is 18.3. The van der Waals surface area contributed by atoms with Gasteiger partial charge in [-0.3, -0.25) is 14.5 Å². The van der Waals surface area contributed by atoms with E-state index in [1.807, 2.05) is 47.4 Å². The van der Waals surface area contributed by atoms with Crippen molar-refractivity contribution in [3.05, 3.63) is 70.7 Å². The number of rotatable bonds is 6. The fourth-order valence-electron chi connectivity index (χ4n) is 5.11. The standard InChI is InChI=1S/C26H30ClN3O2/c27-22-10-8-20(9-11-22)17-29-14-12-26(13-15-29)25(32)28-23(16-19-4-2-1-3-5-19)24(31)30(26)18-21-6-7-21/h1-5,8-11,21,23H,6-7,12-18H2,(H,28,32). The van der Waals surface area contributed by atoms with Crippen molar-refractivity contribution >= 4 is 23.4 Å². The molecule has 1 N–H and O–H groups in total. The van der Waals surface area contributed by atoms with Crippen LogP contribution in [0.4, 0.5) is 0 Å². The molecule has 1 unspecified atom stereocenters. The average molecular weight is 452 g/mol. The Morgan fingerprint density at radius 3 is 2.28 bits per heavy atom. The van der Waals surface area contributed by atoms with Crippen molar-refractivity contribution in [2.45, 2.75) is 50.2 Å². The Bertz CT molecular complexity index is 966. The second-order valence-corrected chi connectivity index (χ2v) is 9.98. The van der Waals surface area contributed by atoms with Crippen molar-refractivity contribution in [2.75, 3.05) is 19.6 Å². The normalized spacial score (nSPS) is 23.4. The van der Waals surface area contributed by atoms with Crippen molar-refractivity contribution in [1.82, 2.24) is 15.1 Å². The van der Waals surface area contributed by atoms with Crippen molar-refractivity contribution < 1.29 is 9.59 Å². The summed E-state index contributed by atoms with van der Waals surface area (Å²) < 4.78 is 0. The summed E-state index contributed by atoms with van der Waals surface area (Å²) in [6.07, 6.45) is 4.23. The molecule has 32 heavy (non-hydrogen) atoms. The molecule has 1 spiro atoms. The van der Waals surface area contributed by atoms with Crippen LogP contribution in [0.1, 0.15) is 36.8 Å². The van der Waals surface area contributed by atoms with Gasteiger partial charge in [0.2, 0.25) is 11.8 Å². The monoisotopic (exact) mass is 451 g/mol. The van der Waals surface area contributed by atoms with Crippen LogP contribution in [0.5, 0.6) is 0 Å². The highest BCUT2D eigenvalue weighted by Crippen LogP contribution is 2.38. The number of piperazine rings is 1. The van der Waals surface area contributed by atoms with E-state index in [0.717, 1.165) is 43.1 Å². The lowest BCUT2D eigenvalue weighted by molar-refractivity contribution is -0.161. The Morgan fingerprint density at radius 1 is 0.938 bits per heavy atom. The molecule has 2 amide bonds. The highest BCUT2D eigenvalue weighted by Gasteiger charge is 2.54. The number of nitrogens with zero attached hydrogens (tertiary/aromatic N) is 2. The van der Waals surface area contributed by atoms with Crippen LogP contribution in [0.2, 0.25) is 5.02 Å². The van der Waals surface area contributed by atoms with Gasteiger partial charge in [-0.25, -0.2) is 0 Å². The van der Waals surface area contributed by atoms with Crippen molar-refractivity contribution in [3.8, 4) is 0 Å². The molecule has 6 heteroatoms. The molecule has 3 fully saturated rings. The summed E-state index contributed by atoms with van der Waals surface area (Å²) in [5.74, 6) is 0.669. The number of carbonyl (C=O) groups is 2. The minimum absolute atomic E-state index is 0.0322. The number of halogens is 1. The smallest absolute Gasteiger partial charge is 0.246 e. The van der Waals surface area contributed by atoms with E-state index in [1.54, 1.807) is 0 Å². The van der Waals surface area contributed by atoms with Crippen LogP contribution < -0.4 is 5.32 Å². The molecule has 2 aromatic carbocycles. The molecule has 3 aliphatic rings. The third-order valence-corrected chi connectivity index (χ3v) is 7.48. The van der Waals surface area contributed by atoms with E-state index in [0.29, 0.717) is 31.7 Å². The summed E-state index contributed by atoms with van der Waals surface area (Å²) in [6.45, 7) is 3.15. The first-order chi connectivity index (χ1) is 15.5. The summed E-state index contributed by atoms with van der Waals surface area (Å²) in [7, 11) is 0. The lowest BCUT2D eigenvalue weighted by Gasteiger charge is -2.52. The second kappa shape index (κ2) is 8.87. The van der Waals surface area contributed by atoms with Crippen LogP contribution in [-0.2, 0) is 22.6 Å². The molecule has 2 aromatic rings. The number of hydrogen-bond donors (Lipinski definition) is 1. The first-order valence-corrected chi connectivity index (χ1v) is 12.0. The molecule has 0 radical (unpaired) electrons. The lowest BCUT2D eigenvalue weighted by atomic mass is 9.81. The molecule has 5 rings (SSSR count). The van der Waals surface area contributed by atoms with Crippen LogP contribution in [0.15, 0.2) is 54.6 Å². The first kappa shape index (κ1) is 21.5. The third kappa shape index (κ3) is 4.41. The quantitative estimate of drug-likeness (QED) is 0.729. The molecular weight excluding hydrogens is 422 g/mol. The Morgan fingerprint density at radius 2 is 1.62 bits per heavy atom. The Balaban J connectivity index is 1.30. The van der Waals surface area contributed by atoms with Crippen LogP contribution in [0.3, 0.4) is 0 Å².